The summed E-state index contributed by atoms with van der Waals surface area (Å²) in [5.74, 6) is 0.627. The minimum absolute atomic E-state index is 0.627. The molecule has 2 N–H and O–H groups in total. The van der Waals surface area contributed by atoms with E-state index in [0.717, 1.165) is 24.2 Å². The second kappa shape index (κ2) is 4.42. The SMILES string of the molecule is Cc1nc2c(CCc3ccsc3)ccnn2c1N. The molecule has 0 fully saturated rings. The molecule has 3 rings (SSSR count). The van der Waals surface area contributed by atoms with Gasteiger partial charge in [0.25, 0.3) is 0 Å². The molecule has 0 spiro atoms. The molecule has 0 amide bonds. The molecule has 5 heteroatoms. The molecule has 0 saturated heterocycles. The molecule has 92 valence electrons. The van der Waals surface area contributed by atoms with Crippen LogP contribution in [0.25, 0.3) is 5.65 Å². The summed E-state index contributed by atoms with van der Waals surface area (Å²) in [6, 6.07) is 4.18. The van der Waals surface area contributed by atoms with Crippen molar-refractivity contribution in [2.75, 3.05) is 5.73 Å². The molecule has 18 heavy (non-hydrogen) atoms. The summed E-state index contributed by atoms with van der Waals surface area (Å²) in [6.07, 6.45) is 3.76. The lowest BCUT2D eigenvalue weighted by Gasteiger charge is -2.02. The molecule has 0 atom stereocenters. The summed E-state index contributed by atoms with van der Waals surface area (Å²) < 4.78 is 1.72. The van der Waals surface area contributed by atoms with E-state index in [1.807, 2.05) is 13.0 Å². The molecular formula is C13H14N4S. The fourth-order valence-electron chi connectivity index (χ4n) is 2.03. The Morgan fingerprint density at radius 3 is 3.00 bits per heavy atom. The van der Waals surface area contributed by atoms with Crippen molar-refractivity contribution in [3.05, 3.63) is 45.9 Å². The summed E-state index contributed by atoms with van der Waals surface area (Å²) in [5.41, 5.74) is 10.2. The topological polar surface area (TPSA) is 56.2 Å². The van der Waals surface area contributed by atoms with Gasteiger partial charge in [0.2, 0.25) is 0 Å². The first-order valence-electron chi connectivity index (χ1n) is 5.85. The summed E-state index contributed by atoms with van der Waals surface area (Å²) in [5, 5.41) is 8.53. The zero-order valence-electron chi connectivity index (χ0n) is 10.1. The summed E-state index contributed by atoms with van der Waals surface area (Å²) >= 11 is 1.73. The summed E-state index contributed by atoms with van der Waals surface area (Å²) in [6.45, 7) is 1.91. The molecule has 0 saturated carbocycles. The number of fused-ring (bicyclic) bond motifs is 1. The van der Waals surface area contributed by atoms with E-state index in [2.05, 4.69) is 26.9 Å². The summed E-state index contributed by atoms with van der Waals surface area (Å²) in [7, 11) is 0. The zero-order chi connectivity index (χ0) is 12.5. The third kappa shape index (κ3) is 1.86. The molecule has 3 heterocycles. The Labute approximate surface area is 109 Å². The fourth-order valence-corrected chi connectivity index (χ4v) is 2.73. The lowest BCUT2D eigenvalue weighted by atomic mass is 10.1. The number of imidazole rings is 1. The van der Waals surface area contributed by atoms with Gasteiger partial charge in [0.15, 0.2) is 5.65 Å². The first kappa shape index (κ1) is 11.2. The second-order valence-corrected chi connectivity index (χ2v) is 5.09. The molecule has 3 aromatic rings. The van der Waals surface area contributed by atoms with Gasteiger partial charge in [-0.05, 0) is 53.8 Å². The van der Waals surface area contributed by atoms with Gasteiger partial charge in [-0.15, -0.1) is 0 Å². The van der Waals surface area contributed by atoms with E-state index >= 15 is 0 Å². The van der Waals surface area contributed by atoms with E-state index in [-0.39, 0.29) is 0 Å². The average Bonchev–Trinajstić information content (AvgIpc) is 2.98. The smallest absolute Gasteiger partial charge is 0.159 e. The zero-order valence-corrected chi connectivity index (χ0v) is 10.9. The lowest BCUT2D eigenvalue weighted by Crippen LogP contribution is -2.01. The van der Waals surface area contributed by atoms with Gasteiger partial charge in [0.1, 0.15) is 5.82 Å². The number of nitrogens with two attached hydrogens (primary N) is 1. The van der Waals surface area contributed by atoms with Crippen LogP contribution in [-0.4, -0.2) is 14.6 Å². The predicted octanol–water partition coefficient (Wildman–Crippen LogP) is 2.47. The quantitative estimate of drug-likeness (QED) is 0.785. The normalized spacial score (nSPS) is 11.2. The van der Waals surface area contributed by atoms with Gasteiger partial charge in [-0.1, -0.05) is 0 Å². The highest BCUT2D eigenvalue weighted by molar-refractivity contribution is 7.07. The maximum atomic E-state index is 5.94. The van der Waals surface area contributed by atoms with Gasteiger partial charge in [-0.3, -0.25) is 0 Å². The average molecular weight is 258 g/mol. The van der Waals surface area contributed by atoms with Crippen molar-refractivity contribution in [2.24, 2.45) is 0 Å². The third-order valence-corrected chi connectivity index (χ3v) is 3.81. The van der Waals surface area contributed by atoms with Crippen molar-refractivity contribution in [3.8, 4) is 0 Å². The van der Waals surface area contributed by atoms with Crippen LogP contribution in [-0.2, 0) is 12.8 Å². The molecular weight excluding hydrogens is 244 g/mol. The van der Waals surface area contributed by atoms with Crippen LogP contribution in [0.4, 0.5) is 5.82 Å². The molecule has 0 aliphatic carbocycles. The Morgan fingerprint density at radius 1 is 1.33 bits per heavy atom. The Balaban J connectivity index is 1.94. The van der Waals surface area contributed by atoms with Crippen LogP contribution in [0, 0.1) is 6.92 Å². The van der Waals surface area contributed by atoms with Gasteiger partial charge in [-0.2, -0.15) is 21.0 Å². The van der Waals surface area contributed by atoms with Crippen molar-refractivity contribution < 1.29 is 0 Å². The van der Waals surface area contributed by atoms with E-state index in [9.17, 15) is 0 Å². The third-order valence-electron chi connectivity index (χ3n) is 3.08. The number of hydrogen-bond acceptors (Lipinski definition) is 4. The first-order chi connectivity index (χ1) is 8.75. The molecule has 4 nitrogen and oxygen atoms in total. The number of anilines is 1. The number of aromatic nitrogens is 3. The van der Waals surface area contributed by atoms with Crippen molar-refractivity contribution in [3.63, 3.8) is 0 Å². The molecule has 0 bridgehead atoms. The van der Waals surface area contributed by atoms with Crippen molar-refractivity contribution >= 4 is 22.8 Å². The Bertz CT molecular complexity index is 670. The van der Waals surface area contributed by atoms with Crippen LogP contribution >= 0.6 is 11.3 Å². The number of aryl methyl sites for hydroxylation is 3. The Morgan fingerprint density at radius 2 is 2.22 bits per heavy atom. The largest absolute Gasteiger partial charge is 0.382 e. The number of nitrogen functional groups attached to an aromatic ring is 1. The van der Waals surface area contributed by atoms with E-state index < -0.39 is 0 Å². The lowest BCUT2D eigenvalue weighted by molar-refractivity contribution is 0.897. The molecule has 0 aromatic carbocycles. The van der Waals surface area contributed by atoms with Crippen LogP contribution in [0.3, 0.4) is 0 Å². The second-order valence-electron chi connectivity index (χ2n) is 4.31. The maximum absolute atomic E-state index is 5.94. The number of hydrogen-bond donors (Lipinski definition) is 1. The minimum atomic E-state index is 0.627. The van der Waals surface area contributed by atoms with Crippen LogP contribution < -0.4 is 5.73 Å². The van der Waals surface area contributed by atoms with Crippen LogP contribution in [0.2, 0.25) is 0 Å². The molecule has 0 aliphatic rings. The highest BCUT2D eigenvalue weighted by Gasteiger charge is 2.10. The highest BCUT2D eigenvalue weighted by atomic mass is 32.1. The van der Waals surface area contributed by atoms with Crippen LogP contribution in [0.15, 0.2) is 29.1 Å². The van der Waals surface area contributed by atoms with Crippen molar-refractivity contribution in [1.82, 2.24) is 14.6 Å². The van der Waals surface area contributed by atoms with Gasteiger partial charge >= 0.3 is 0 Å². The van der Waals surface area contributed by atoms with Gasteiger partial charge in [0.05, 0.1) is 5.69 Å². The Kier molecular flexibility index (Phi) is 2.76. The molecule has 0 aliphatic heterocycles. The summed E-state index contributed by atoms with van der Waals surface area (Å²) in [4.78, 5) is 4.49. The van der Waals surface area contributed by atoms with E-state index in [1.165, 1.54) is 11.1 Å². The van der Waals surface area contributed by atoms with Gasteiger partial charge in [0, 0.05) is 6.20 Å². The molecule has 0 unspecified atom stereocenters. The van der Waals surface area contributed by atoms with Crippen molar-refractivity contribution in [1.29, 1.82) is 0 Å². The Hall–Kier alpha value is -1.88. The fraction of sp³-hybridized carbons (Fsp3) is 0.231. The van der Waals surface area contributed by atoms with Crippen molar-refractivity contribution in [2.45, 2.75) is 19.8 Å². The van der Waals surface area contributed by atoms with E-state index in [1.54, 1.807) is 22.0 Å². The monoisotopic (exact) mass is 258 g/mol. The predicted molar refractivity (Wildman–Crippen MR) is 73.9 cm³/mol. The number of nitrogens with zero attached hydrogens (tertiary/aromatic N) is 3. The van der Waals surface area contributed by atoms with Crippen LogP contribution in [0.1, 0.15) is 16.8 Å². The first-order valence-corrected chi connectivity index (χ1v) is 6.80. The van der Waals surface area contributed by atoms with Gasteiger partial charge in [-0.25, -0.2) is 4.98 Å². The number of thiophene rings is 1. The van der Waals surface area contributed by atoms with Gasteiger partial charge < -0.3 is 5.73 Å². The van der Waals surface area contributed by atoms with E-state index in [0.29, 0.717) is 5.82 Å². The minimum Gasteiger partial charge on any atom is -0.382 e. The molecule has 3 aromatic heterocycles. The highest BCUT2D eigenvalue weighted by Crippen LogP contribution is 2.18. The molecule has 0 radical (unpaired) electrons. The maximum Gasteiger partial charge on any atom is 0.159 e. The standard InChI is InChI=1S/C13H14N4S/c1-9-12(14)17-13(16-9)11(4-6-15-17)3-2-10-5-7-18-8-10/h4-8H,2-3,14H2,1H3. The van der Waals surface area contributed by atoms with Crippen LogP contribution in [0.5, 0.6) is 0 Å². The van der Waals surface area contributed by atoms with E-state index in [4.69, 9.17) is 5.73 Å². The number of rotatable bonds is 3.